The van der Waals surface area contributed by atoms with Crippen molar-refractivity contribution < 1.29 is 9.59 Å². The number of fused-ring (bicyclic) bond motifs is 2. The van der Waals surface area contributed by atoms with Crippen molar-refractivity contribution in [3.05, 3.63) is 72.8 Å². The molecule has 2 amide bonds. The van der Waals surface area contributed by atoms with Crippen LogP contribution in [0.2, 0.25) is 0 Å². The Morgan fingerprint density at radius 1 is 1.00 bits per heavy atom. The van der Waals surface area contributed by atoms with Crippen LogP contribution < -0.4 is 10.2 Å². The Morgan fingerprint density at radius 3 is 2.28 bits per heavy atom. The standard InChI is InChI=1S/C26H24N2O2S2/c1-2-22(31-19-9-7-8-18(16-19)27-25(29)17-14-15-17)26(30)28-20-10-3-5-12-23(20)32-24-13-6-4-11-21(24)28/h3-13,16-17,22H,2,14-15H2,1H3,(H,27,29). The van der Waals surface area contributed by atoms with Crippen LogP contribution in [-0.4, -0.2) is 17.1 Å². The Kier molecular flexibility index (Phi) is 5.98. The molecule has 1 atom stereocenters. The number of amides is 2. The summed E-state index contributed by atoms with van der Waals surface area (Å²) < 4.78 is 0. The van der Waals surface area contributed by atoms with Gasteiger partial charge in [-0.1, -0.05) is 49.0 Å². The smallest absolute Gasteiger partial charge is 0.245 e. The van der Waals surface area contributed by atoms with Crippen molar-refractivity contribution in [2.45, 2.75) is 46.1 Å². The van der Waals surface area contributed by atoms with E-state index in [4.69, 9.17) is 0 Å². The van der Waals surface area contributed by atoms with Gasteiger partial charge in [0.15, 0.2) is 0 Å². The highest BCUT2D eigenvalue weighted by Gasteiger charge is 2.32. The van der Waals surface area contributed by atoms with E-state index in [1.54, 1.807) is 23.5 Å². The van der Waals surface area contributed by atoms with Crippen LogP contribution in [0.5, 0.6) is 0 Å². The topological polar surface area (TPSA) is 49.4 Å². The van der Waals surface area contributed by atoms with Crippen LogP contribution in [0.25, 0.3) is 0 Å². The lowest BCUT2D eigenvalue weighted by Crippen LogP contribution is -2.35. The minimum absolute atomic E-state index is 0.0742. The van der Waals surface area contributed by atoms with Crippen LogP contribution in [0, 0.1) is 5.92 Å². The van der Waals surface area contributed by atoms with Gasteiger partial charge in [-0.3, -0.25) is 14.5 Å². The van der Waals surface area contributed by atoms with E-state index < -0.39 is 0 Å². The van der Waals surface area contributed by atoms with Gasteiger partial charge in [0, 0.05) is 26.3 Å². The molecule has 1 heterocycles. The summed E-state index contributed by atoms with van der Waals surface area (Å²) in [5.41, 5.74) is 2.66. The Balaban J connectivity index is 1.41. The van der Waals surface area contributed by atoms with Gasteiger partial charge in [-0.15, -0.1) is 11.8 Å². The summed E-state index contributed by atoms with van der Waals surface area (Å²) in [5, 5.41) is 2.76. The summed E-state index contributed by atoms with van der Waals surface area (Å²) in [7, 11) is 0. The molecule has 1 aliphatic carbocycles. The minimum Gasteiger partial charge on any atom is -0.326 e. The molecule has 1 unspecified atom stereocenters. The zero-order chi connectivity index (χ0) is 22.1. The number of rotatable bonds is 6. The van der Waals surface area contributed by atoms with Gasteiger partial charge in [0.2, 0.25) is 11.8 Å². The van der Waals surface area contributed by atoms with Crippen LogP contribution in [0.4, 0.5) is 17.1 Å². The maximum Gasteiger partial charge on any atom is 0.245 e. The Bertz CT molecular complexity index is 1130. The predicted octanol–water partition coefficient (Wildman–Crippen LogP) is 6.74. The monoisotopic (exact) mass is 460 g/mol. The van der Waals surface area contributed by atoms with Gasteiger partial charge < -0.3 is 5.32 Å². The van der Waals surface area contributed by atoms with Gasteiger partial charge in [0.05, 0.1) is 16.6 Å². The summed E-state index contributed by atoms with van der Waals surface area (Å²) in [6.45, 7) is 2.05. The highest BCUT2D eigenvalue weighted by molar-refractivity contribution is 8.00. The Labute approximate surface area is 196 Å². The zero-order valence-corrected chi connectivity index (χ0v) is 19.4. The van der Waals surface area contributed by atoms with E-state index in [9.17, 15) is 9.59 Å². The summed E-state index contributed by atoms with van der Waals surface area (Å²) in [6, 6.07) is 23.9. The fourth-order valence-corrected chi connectivity index (χ4v) is 5.91. The SMILES string of the molecule is CCC(Sc1cccc(NC(=O)C2CC2)c1)C(=O)N1c2ccccc2Sc2ccccc21. The molecular weight excluding hydrogens is 436 g/mol. The number of thioether (sulfide) groups is 1. The quantitative estimate of drug-likeness (QED) is 0.414. The van der Waals surface area contributed by atoms with Crippen molar-refractivity contribution in [2.24, 2.45) is 5.92 Å². The highest BCUT2D eigenvalue weighted by atomic mass is 32.2. The minimum atomic E-state index is -0.242. The molecule has 5 rings (SSSR count). The molecule has 1 N–H and O–H groups in total. The molecule has 32 heavy (non-hydrogen) atoms. The van der Waals surface area contributed by atoms with Gasteiger partial charge in [0.1, 0.15) is 0 Å². The van der Waals surface area contributed by atoms with E-state index in [2.05, 4.69) is 17.4 Å². The number of anilines is 3. The molecule has 1 fully saturated rings. The van der Waals surface area contributed by atoms with Crippen LogP contribution >= 0.6 is 23.5 Å². The van der Waals surface area contributed by atoms with E-state index in [0.29, 0.717) is 6.42 Å². The molecule has 0 radical (unpaired) electrons. The third-order valence-electron chi connectivity index (χ3n) is 5.63. The maximum absolute atomic E-state index is 13.8. The number of hydrogen-bond donors (Lipinski definition) is 1. The van der Waals surface area contributed by atoms with Crippen LogP contribution in [-0.2, 0) is 9.59 Å². The average molecular weight is 461 g/mol. The van der Waals surface area contributed by atoms with E-state index in [-0.39, 0.29) is 23.0 Å². The first-order valence-corrected chi connectivity index (χ1v) is 12.6. The van der Waals surface area contributed by atoms with E-state index in [1.165, 1.54) is 0 Å². The maximum atomic E-state index is 13.8. The van der Waals surface area contributed by atoms with E-state index >= 15 is 0 Å². The molecule has 0 bridgehead atoms. The number of benzene rings is 3. The summed E-state index contributed by atoms with van der Waals surface area (Å²) in [6.07, 6.45) is 2.66. The molecule has 162 valence electrons. The number of carbonyl (C=O) groups excluding carboxylic acids is 2. The lowest BCUT2D eigenvalue weighted by molar-refractivity contribution is -0.118. The number of nitrogens with zero attached hydrogens (tertiary/aromatic N) is 1. The lowest BCUT2D eigenvalue weighted by atomic mass is 10.2. The molecular formula is C26H24N2O2S2. The Hall–Kier alpha value is -2.70. The molecule has 6 heteroatoms. The van der Waals surface area contributed by atoms with E-state index in [0.717, 1.165) is 44.6 Å². The number of para-hydroxylation sites is 2. The fraction of sp³-hybridized carbons (Fsp3) is 0.231. The van der Waals surface area contributed by atoms with Gasteiger partial charge in [-0.05, 0) is 61.7 Å². The van der Waals surface area contributed by atoms with Gasteiger partial charge in [-0.25, -0.2) is 0 Å². The second kappa shape index (κ2) is 9.04. The normalized spacial score (nSPS) is 15.5. The first-order valence-electron chi connectivity index (χ1n) is 10.9. The van der Waals surface area contributed by atoms with Crippen LogP contribution in [0.3, 0.4) is 0 Å². The van der Waals surface area contributed by atoms with Crippen molar-refractivity contribution in [3.8, 4) is 0 Å². The number of hydrogen-bond acceptors (Lipinski definition) is 4. The molecule has 0 aromatic heterocycles. The summed E-state index contributed by atoms with van der Waals surface area (Å²) >= 11 is 3.26. The first-order chi connectivity index (χ1) is 15.6. The van der Waals surface area contributed by atoms with Gasteiger partial charge in [-0.2, -0.15) is 0 Å². The molecule has 4 nitrogen and oxygen atoms in total. The molecule has 1 saturated carbocycles. The molecule has 3 aromatic carbocycles. The largest absolute Gasteiger partial charge is 0.326 e. The second-order valence-corrected chi connectivity index (χ2v) is 10.4. The van der Waals surface area contributed by atoms with Crippen molar-refractivity contribution in [3.63, 3.8) is 0 Å². The molecule has 2 aliphatic rings. The highest BCUT2D eigenvalue weighted by Crippen LogP contribution is 2.48. The summed E-state index contributed by atoms with van der Waals surface area (Å²) in [5.74, 6) is 0.327. The predicted molar refractivity (Wildman–Crippen MR) is 132 cm³/mol. The fourth-order valence-electron chi connectivity index (χ4n) is 3.80. The van der Waals surface area contributed by atoms with E-state index in [1.807, 2.05) is 72.5 Å². The molecule has 3 aromatic rings. The zero-order valence-electron chi connectivity index (χ0n) is 17.8. The van der Waals surface area contributed by atoms with Crippen molar-refractivity contribution >= 4 is 52.4 Å². The van der Waals surface area contributed by atoms with Crippen molar-refractivity contribution in [1.82, 2.24) is 0 Å². The average Bonchev–Trinajstić information content (AvgIpc) is 3.66. The lowest BCUT2D eigenvalue weighted by Gasteiger charge is -2.33. The van der Waals surface area contributed by atoms with Crippen LogP contribution in [0.1, 0.15) is 26.2 Å². The number of carbonyl (C=O) groups is 2. The van der Waals surface area contributed by atoms with Gasteiger partial charge in [0.25, 0.3) is 0 Å². The summed E-state index contributed by atoms with van der Waals surface area (Å²) in [4.78, 5) is 31.0. The van der Waals surface area contributed by atoms with Crippen molar-refractivity contribution in [2.75, 3.05) is 10.2 Å². The first kappa shape index (κ1) is 21.2. The molecule has 0 spiro atoms. The second-order valence-electron chi connectivity index (χ2n) is 8.02. The third-order valence-corrected chi connectivity index (χ3v) is 8.10. The molecule has 0 saturated heterocycles. The third kappa shape index (κ3) is 4.30. The van der Waals surface area contributed by atoms with Crippen LogP contribution in [0.15, 0.2) is 87.5 Å². The van der Waals surface area contributed by atoms with Crippen molar-refractivity contribution in [1.29, 1.82) is 0 Å². The Morgan fingerprint density at radius 2 is 1.66 bits per heavy atom. The number of nitrogens with one attached hydrogen (secondary N) is 1. The molecule has 1 aliphatic heterocycles. The van der Waals surface area contributed by atoms with Gasteiger partial charge >= 0.3 is 0 Å².